The van der Waals surface area contributed by atoms with Gasteiger partial charge in [0.1, 0.15) is 34.7 Å². The zero-order valence-corrected chi connectivity index (χ0v) is 19.0. The number of rotatable bonds is 3. The number of hydrogen-bond donors (Lipinski definition) is 3. The van der Waals surface area contributed by atoms with Crippen LogP contribution in [-0.4, -0.2) is 19.8 Å². The van der Waals surface area contributed by atoms with Crippen LogP contribution >= 0.6 is 22.6 Å². The van der Waals surface area contributed by atoms with E-state index in [-0.39, 0.29) is 21.4 Å². The molecule has 0 amide bonds. The second-order valence-electron chi connectivity index (χ2n) is 8.38. The van der Waals surface area contributed by atoms with Gasteiger partial charge in [0.05, 0.1) is 6.33 Å². The molecule has 5 rings (SSSR count). The predicted octanol–water partition coefficient (Wildman–Crippen LogP) is 3.46. The molecule has 2 aliphatic heterocycles. The average Bonchev–Trinajstić information content (AvgIpc) is 3.11. The van der Waals surface area contributed by atoms with Gasteiger partial charge in [-0.1, -0.05) is 6.92 Å². The van der Waals surface area contributed by atoms with Crippen molar-refractivity contribution in [3.05, 3.63) is 45.2 Å². The van der Waals surface area contributed by atoms with Crippen LogP contribution in [0.1, 0.15) is 37.5 Å². The Kier molecular flexibility index (Phi) is 4.87. The summed E-state index contributed by atoms with van der Waals surface area (Å²) in [7, 11) is 0. The first-order valence-electron chi connectivity index (χ1n) is 10.2. The third kappa shape index (κ3) is 3.42. The summed E-state index contributed by atoms with van der Waals surface area (Å²) in [6, 6.07) is 1.81. The molecule has 0 radical (unpaired) electrons. The highest BCUT2D eigenvalue weighted by Gasteiger charge is 2.34. The first kappa shape index (κ1) is 19.7. The van der Waals surface area contributed by atoms with Crippen molar-refractivity contribution >= 4 is 40.2 Å². The van der Waals surface area contributed by atoms with Gasteiger partial charge in [0, 0.05) is 12.6 Å². The summed E-state index contributed by atoms with van der Waals surface area (Å²) in [6.07, 6.45) is 6.66. The Labute approximate surface area is 187 Å². The second-order valence-corrected chi connectivity index (χ2v) is 9.63. The van der Waals surface area contributed by atoms with Crippen molar-refractivity contribution in [2.24, 2.45) is 11.8 Å². The molecule has 1 aliphatic carbocycles. The summed E-state index contributed by atoms with van der Waals surface area (Å²) >= 11 is 2.26. The number of anilines is 2. The number of halogens is 1. The van der Waals surface area contributed by atoms with Crippen LogP contribution in [0.4, 0.5) is 11.5 Å². The van der Waals surface area contributed by atoms with E-state index in [9.17, 15) is 4.79 Å². The minimum Gasteiger partial charge on any atom is -0.485 e. The smallest absolute Gasteiger partial charge is 0.346 e. The third-order valence-corrected chi connectivity index (χ3v) is 6.94. The van der Waals surface area contributed by atoms with Crippen molar-refractivity contribution in [1.82, 2.24) is 9.55 Å². The summed E-state index contributed by atoms with van der Waals surface area (Å²) in [5, 5.41) is 14.7. The number of aryl methyl sites for hydroxylation is 1. The standard InChI is InChI=1S/C21H24IN5O3/c1-10(8-27-9-24-18(23)17-19(27)26-21(22)25-17)12-3-4-13-6-14-16(30-15(13)7-12)5-11(2)29-20(14)28/h5-6,9-10,12,15,21,23,25-26H,3-4,7-8H2,1-2H3/t10-,12?,15+,21?/m1/s1/i22-2. The molecule has 3 N–H and O–H groups in total. The SMILES string of the molecule is Cc1cc2c(c(=O)o1)C=C1CCC([C@H](C)Cn3cnc(=N)c4c3NC([125I])N4)C[C@@H]1O2. The predicted molar refractivity (Wildman–Crippen MR) is 122 cm³/mol. The maximum Gasteiger partial charge on any atom is 0.346 e. The number of alkyl halides is 1. The highest BCUT2D eigenvalue weighted by Crippen LogP contribution is 2.41. The lowest BCUT2D eigenvalue weighted by Gasteiger charge is -2.37. The number of hydrogen-bond acceptors (Lipinski definition) is 7. The molecule has 0 bridgehead atoms. The number of nitrogens with zero attached hydrogens (tertiary/aromatic N) is 2. The van der Waals surface area contributed by atoms with E-state index in [0.29, 0.717) is 28.9 Å². The van der Waals surface area contributed by atoms with Crippen LogP contribution in [-0.2, 0) is 6.54 Å². The molecular weight excluding hydrogens is 495 g/mol. The molecule has 1 saturated carbocycles. The Morgan fingerprint density at radius 3 is 3.10 bits per heavy atom. The maximum atomic E-state index is 12.2. The summed E-state index contributed by atoms with van der Waals surface area (Å²) < 4.78 is 13.6. The lowest BCUT2D eigenvalue weighted by Crippen LogP contribution is -2.34. The van der Waals surface area contributed by atoms with E-state index in [1.807, 2.05) is 12.1 Å². The van der Waals surface area contributed by atoms with Crippen LogP contribution in [0, 0.1) is 24.2 Å². The summed E-state index contributed by atoms with van der Waals surface area (Å²) in [5.41, 5.74) is 2.44. The normalized spacial score (nSPS) is 25.0. The molecule has 158 valence electrons. The summed E-state index contributed by atoms with van der Waals surface area (Å²) in [6.45, 7) is 4.86. The first-order chi connectivity index (χ1) is 14.4. The monoisotopic (exact) mass is 519 g/mol. The number of fused-ring (bicyclic) bond motifs is 3. The van der Waals surface area contributed by atoms with Crippen molar-refractivity contribution in [3.63, 3.8) is 0 Å². The molecule has 1 fully saturated rings. The lowest BCUT2D eigenvalue weighted by molar-refractivity contribution is 0.135. The molecule has 9 heteroatoms. The molecule has 0 spiro atoms. The van der Waals surface area contributed by atoms with E-state index < -0.39 is 0 Å². The molecule has 0 aromatic carbocycles. The fourth-order valence-electron chi connectivity index (χ4n) is 4.70. The van der Waals surface area contributed by atoms with Crippen LogP contribution in [0.5, 0.6) is 5.75 Å². The second kappa shape index (κ2) is 7.44. The first-order valence-corrected chi connectivity index (χ1v) is 11.5. The van der Waals surface area contributed by atoms with Gasteiger partial charge >= 0.3 is 5.63 Å². The van der Waals surface area contributed by atoms with Gasteiger partial charge in [-0.15, -0.1) is 0 Å². The van der Waals surface area contributed by atoms with Crippen molar-refractivity contribution in [3.8, 4) is 5.75 Å². The summed E-state index contributed by atoms with van der Waals surface area (Å²) in [4.78, 5) is 16.4. The van der Waals surface area contributed by atoms with Crippen molar-refractivity contribution in [2.75, 3.05) is 10.6 Å². The quantitative estimate of drug-likeness (QED) is 0.326. The highest BCUT2D eigenvalue weighted by atomic mass is 125. The van der Waals surface area contributed by atoms with Gasteiger partial charge in [-0.3, -0.25) is 5.41 Å². The zero-order chi connectivity index (χ0) is 21.0. The van der Waals surface area contributed by atoms with Gasteiger partial charge in [-0.25, -0.2) is 9.78 Å². The van der Waals surface area contributed by atoms with Gasteiger partial charge in [0.2, 0.25) is 0 Å². The molecule has 4 atom stereocenters. The Morgan fingerprint density at radius 1 is 1.43 bits per heavy atom. The number of ether oxygens (including phenoxy) is 1. The number of aromatic nitrogens is 2. The molecule has 0 saturated heterocycles. The molecule has 8 nitrogen and oxygen atoms in total. The van der Waals surface area contributed by atoms with Gasteiger partial charge < -0.3 is 24.4 Å². The fraction of sp³-hybridized carbons (Fsp3) is 0.476. The van der Waals surface area contributed by atoms with E-state index in [2.05, 4.69) is 49.7 Å². The molecule has 30 heavy (non-hydrogen) atoms. The minimum absolute atomic E-state index is 0.0166. The molecule has 2 aromatic rings. The largest absolute Gasteiger partial charge is 0.485 e. The highest BCUT2D eigenvalue weighted by molar-refractivity contribution is 14.1. The van der Waals surface area contributed by atoms with Crippen molar-refractivity contribution < 1.29 is 9.15 Å². The van der Waals surface area contributed by atoms with Crippen LogP contribution in [0.25, 0.3) is 6.08 Å². The van der Waals surface area contributed by atoms with E-state index in [4.69, 9.17) is 14.6 Å². The van der Waals surface area contributed by atoms with Crippen LogP contribution in [0.3, 0.4) is 0 Å². The Bertz CT molecular complexity index is 1150. The van der Waals surface area contributed by atoms with E-state index >= 15 is 0 Å². The van der Waals surface area contributed by atoms with Crippen LogP contribution < -0.4 is 26.5 Å². The van der Waals surface area contributed by atoms with Gasteiger partial charge in [0.15, 0.2) is 9.66 Å². The minimum atomic E-state index is -0.322. The van der Waals surface area contributed by atoms with E-state index in [0.717, 1.165) is 37.3 Å². The Balaban J connectivity index is 1.33. The fourth-order valence-corrected chi connectivity index (χ4v) is 5.31. The molecule has 4 heterocycles. The van der Waals surface area contributed by atoms with Crippen LogP contribution in [0.2, 0.25) is 0 Å². The Morgan fingerprint density at radius 2 is 2.27 bits per heavy atom. The average molecular weight is 519 g/mol. The lowest BCUT2D eigenvalue weighted by atomic mass is 9.76. The summed E-state index contributed by atoms with van der Waals surface area (Å²) in [5.74, 6) is 3.06. The van der Waals surface area contributed by atoms with Gasteiger partial charge in [0.25, 0.3) is 0 Å². The molecular formula is C21H24IN5O3. The van der Waals surface area contributed by atoms with E-state index in [1.165, 1.54) is 5.57 Å². The van der Waals surface area contributed by atoms with E-state index in [1.54, 1.807) is 13.3 Å². The van der Waals surface area contributed by atoms with Crippen molar-refractivity contribution in [1.29, 1.82) is 5.41 Å². The maximum absolute atomic E-state index is 12.2. The third-order valence-electron chi connectivity index (χ3n) is 6.32. The van der Waals surface area contributed by atoms with Gasteiger partial charge in [-0.05, 0) is 72.3 Å². The molecule has 2 unspecified atom stereocenters. The number of nitrogens with one attached hydrogen (secondary N) is 3. The van der Waals surface area contributed by atoms with Crippen molar-refractivity contribution in [2.45, 2.75) is 49.9 Å². The molecule has 3 aliphatic rings. The zero-order valence-electron chi connectivity index (χ0n) is 16.9. The van der Waals surface area contributed by atoms with Crippen LogP contribution in [0.15, 0.2) is 27.2 Å². The topological polar surface area (TPSA) is 105 Å². The Hall–Kier alpha value is -2.30. The molecule has 2 aromatic heterocycles. The van der Waals surface area contributed by atoms with Gasteiger partial charge in [-0.2, -0.15) is 0 Å².